The number of benzene rings is 2. The molecule has 0 fully saturated rings. The van der Waals surface area contributed by atoms with E-state index in [1.54, 1.807) is 46.8 Å². The van der Waals surface area contributed by atoms with Gasteiger partial charge in [-0.2, -0.15) is 14.7 Å². The summed E-state index contributed by atoms with van der Waals surface area (Å²) in [5, 5.41) is 28.7. The Morgan fingerprint density at radius 2 is 1.33 bits per heavy atom. The SMILES string of the molecule is CCCCCCCCN(CCCCCCCC)S(=O)(=O)c1ccc(N=Nc2c(C)c(C#N)c(O)n(-c3ccccc3)c2=O)cc1. The summed E-state index contributed by atoms with van der Waals surface area (Å²) in [6.07, 6.45) is 13.1. The molecule has 10 heteroatoms. The Morgan fingerprint density at radius 3 is 1.87 bits per heavy atom. The van der Waals surface area contributed by atoms with Crippen LogP contribution in [0.5, 0.6) is 5.88 Å². The summed E-state index contributed by atoms with van der Waals surface area (Å²) in [4.78, 5) is 13.5. The number of unbranched alkanes of at least 4 members (excludes halogenated alkanes) is 10. The van der Waals surface area contributed by atoms with Crippen LogP contribution in [-0.2, 0) is 10.0 Å². The highest BCUT2D eigenvalue weighted by Crippen LogP contribution is 2.29. The zero-order chi connectivity index (χ0) is 32.7. The standard InChI is InChI=1S/C35H47N5O4S/c1-4-6-8-10-12-17-25-39(26-18-13-11-9-7-5-2)45(43,44)31-23-21-29(22-24-31)37-38-33-28(3)32(27-36)34(41)40(35(33)42)30-19-15-14-16-20-30/h14-16,19-24,41H,4-13,17-18,25-26H2,1-3H3. The first-order chi connectivity index (χ1) is 21.8. The van der Waals surface area contributed by atoms with Crippen molar-refractivity contribution in [2.45, 2.75) is 103 Å². The molecule has 1 N–H and O–H groups in total. The van der Waals surface area contributed by atoms with Crippen LogP contribution in [0.4, 0.5) is 11.4 Å². The van der Waals surface area contributed by atoms with Crippen LogP contribution in [0, 0.1) is 18.3 Å². The number of rotatable bonds is 19. The fourth-order valence-electron chi connectivity index (χ4n) is 5.26. The van der Waals surface area contributed by atoms with Gasteiger partial charge in [-0.3, -0.25) is 4.79 Å². The van der Waals surface area contributed by atoms with E-state index in [9.17, 15) is 23.6 Å². The molecule has 0 saturated carbocycles. The van der Waals surface area contributed by atoms with Gasteiger partial charge >= 0.3 is 0 Å². The van der Waals surface area contributed by atoms with Crippen molar-refractivity contribution in [1.82, 2.24) is 8.87 Å². The predicted molar refractivity (Wildman–Crippen MR) is 179 cm³/mol. The Kier molecular flexibility index (Phi) is 14.4. The Morgan fingerprint density at radius 1 is 0.800 bits per heavy atom. The molecule has 0 atom stereocenters. The van der Waals surface area contributed by atoms with Gasteiger partial charge in [-0.15, -0.1) is 5.11 Å². The average molecular weight is 634 g/mol. The molecule has 0 unspecified atom stereocenters. The molecule has 0 aliphatic carbocycles. The first-order valence-electron chi connectivity index (χ1n) is 16.2. The lowest BCUT2D eigenvalue weighted by Gasteiger charge is -2.22. The van der Waals surface area contributed by atoms with E-state index in [-0.39, 0.29) is 21.7 Å². The molecule has 3 aromatic rings. The molecule has 0 saturated heterocycles. The number of para-hydroxylation sites is 1. The Hall–Kier alpha value is -3.81. The van der Waals surface area contributed by atoms with Crippen molar-refractivity contribution in [2.24, 2.45) is 10.2 Å². The highest BCUT2D eigenvalue weighted by atomic mass is 32.2. The second-order valence-corrected chi connectivity index (χ2v) is 13.3. The summed E-state index contributed by atoms with van der Waals surface area (Å²) >= 11 is 0. The van der Waals surface area contributed by atoms with Gasteiger partial charge in [0.15, 0.2) is 5.69 Å². The highest BCUT2D eigenvalue weighted by molar-refractivity contribution is 7.89. The van der Waals surface area contributed by atoms with Gasteiger partial charge in [0.1, 0.15) is 11.6 Å². The second-order valence-electron chi connectivity index (χ2n) is 11.4. The van der Waals surface area contributed by atoms with Crippen molar-refractivity contribution >= 4 is 21.4 Å². The zero-order valence-electron chi connectivity index (χ0n) is 26.9. The maximum absolute atomic E-state index is 13.7. The molecule has 45 heavy (non-hydrogen) atoms. The second kappa shape index (κ2) is 18.2. The molecule has 1 heterocycles. The molecule has 0 spiro atoms. The number of azo groups is 1. The minimum atomic E-state index is -3.70. The van der Waals surface area contributed by atoms with Crippen molar-refractivity contribution in [3.63, 3.8) is 0 Å². The Bertz CT molecular complexity index is 1580. The van der Waals surface area contributed by atoms with E-state index >= 15 is 0 Å². The van der Waals surface area contributed by atoms with E-state index < -0.39 is 21.5 Å². The first-order valence-corrected chi connectivity index (χ1v) is 17.7. The lowest BCUT2D eigenvalue weighted by molar-refractivity contribution is 0.383. The summed E-state index contributed by atoms with van der Waals surface area (Å²) < 4.78 is 30.0. The van der Waals surface area contributed by atoms with E-state index in [1.165, 1.54) is 57.6 Å². The van der Waals surface area contributed by atoms with Crippen LogP contribution < -0.4 is 5.56 Å². The molecule has 0 aliphatic rings. The number of aromatic nitrogens is 1. The summed E-state index contributed by atoms with van der Waals surface area (Å²) in [6.45, 7) is 6.89. The van der Waals surface area contributed by atoms with Crippen molar-refractivity contribution < 1.29 is 13.5 Å². The average Bonchev–Trinajstić information content (AvgIpc) is 3.04. The Balaban J connectivity index is 1.81. The molecule has 9 nitrogen and oxygen atoms in total. The molecule has 0 bridgehead atoms. The Labute approximate surface area is 268 Å². The largest absolute Gasteiger partial charge is 0.493 e. The monoisotopic (exact) mass is 633 g/mol. The summed E-state index contributed by atoms with van der Waals surface area (Å²) in [5.41, 5.74) is 0.143. The molecule has 0 amide bonds. The smallest absolute Gasteiger partial charge is 0.286 e. The van der Waals surface area contributed by atoms with Crippen LogP contribution in [0.2, 0.25) is 0 Å². The van der Waals surface area contributed by atoms with Crippen molar-refractivity contribution in [3.05, 3.63) is 76.1 Å². The van der Waals surface area contributed by atoms with Gasteiger partial charge in [0.25, 0.3) is 5.56 Å². The summed E-state index contributed by atoms with van der Waals surface area (Å²) in [7, 11) is -3.70. The molecule has 3 rings (SSSR count). The normalized spacial score (nSPS) is 11.8. The van der Waals surface area contributed by atoms with Crippen molar-refractivity contribution in [1.29, 1.82) is 5.26 Å². The van der Waals surface area contributed by atoms with Crippen LogP contribution in [0.3, 0.4) is 0 Å². The van der Waals surface area contributed by atoms with E-state index in [0.717, 1.165) is 43.1 Å². The van der Waals surface area contributed by atoms with Crippen molar-refractivity contribution in [3.8, 4) is 17.6 Å². The molecule has 0 aliphatic heterocycles. The number of hydrogen-bond donors (Lipinski definition) is 1. The number of sulfonamides is 1. The van der Waals surface area contributed by atoms with Gasteiger partial charge < -0.3 is 5.11 Å². The van der Waals surface area contributed by atoms with Crippen LogP contribution in [0.15, 0.2) is 74.5 Å². The predicted octanol–water partition coefficient (Wildman–Crippen LogP) is 8.85. The quantitative estimate of drug-likeness (QED) is 0.104. The summed E-state index contributed by atoms with van der Waals surface area (Å²) in [6, 6.07) is 16.6. The molecule has 1 aromatic heterocycles. The third-order valence-electron chi connectivity index (χ3n) is 7.96. The van der Waals surface area contributed by atoms with Gasteiger partial charge in [0.2, 0.25) is 15.9 Å². The third-order valence-corrected chi connectivity index (χ3v) is 9.87. The van der Waals surface area contributed by atoms with E-state index in [1.807, 2.05) is 6.07 Å². The third kappa shape index (κ3) is 9.84. The molecular formula is C35H47N5O4S. The van der Waals surface area contributed by atoms with Crippen LogP contribution >= 0.6 is 0 Å². The zero-order valence-corrected chi connectivity index (χ0v) is 27.7. The number of hydrogen-bond acceptors (Lipinski definition) is 7. The maximum atomic E-state index is 13.7. The van der Waals surface area contributed by atoms with Crippen LogP contribution in [0.1, 0.15) is 102 Å². The fraction of sp³-hybridized carbons (Fsp3) is 0.486. The van der Waals surface area contributed by atoms with E-state index in [0.29, 0.717) is 24.5 Å². The number of pyridine rings is 1. The minimum absolute atomic E-state index is 0.0790. The van der Waals surface area contributed by atoms with Gasteiger partial charge in [0, 0.05) is 18.7 Å². The summed E-state index contributed by atoms with van der Waals surface area (Å²) in [5.74, 6) is -0.466. The fourth-order valence-corrected chi connectivity index (χ4v) is 6.78. The topological polar surface area (TPSA) is 128 Å². The van der Waals surface area contributed by atoms with Crippen LogP contribution in [0.25, 0.3) is 5.69 Å². The van der Waals surface area contributed by atoms with Crippen LogP contribution in [-0.4, -0.2) is 35.5 Å². The molecule has 2 aromatic carbocycles. The van der Waals surface area contributed by atoms with Gasteiger partial charge in [-0.05, 0) is 56.2 Å². The first kappa shape index (κ1) is 35.7. The van der Waals surface area contributed by atoms with Gasteiger partial charge in [-0.1, -0.05) is 96.3 Å². The van der Waals surface area contributed by atoms with Gasteiger partial charge in [-0.25, -0.2) is 13.0 Å². The lowest BCUT2D eigenvalue weighted by atomic mass is 10.1. The van der Waals surface area contributed by atoms with Gasteiger partial charge in [0.05, 0.1) is 16.3 Å². The number of aromatic hydroxyl groups is 1. The molecule has 242 valence electrons. The molecular weight excluding hydrogens is 586 g/mol. The van der Waals surface area contributed by atoms with E-state index in [2.05, 4.69) is 24.1 Å². The number of nitriles is 1. The van der Waals surface area contributed by atoms with E-state index in [4.69, 9.17) is 0 Å². The van der Waals surface area contributed by atoms with Crippen molar-refractivity contribution in [2.75, 3.05) is 13.1 Å². The minimum Gasteiger partial charge on any atom is -0.493 e. The lowest BCUT2D eigenvalue weighted by Crippen LogP contribution is -2.33. The maximum Gasteiger partial charge on any atom is 0.286 e. The number of nitrogens with zero attached hydrogens (tertiary/aromatic N) is 5. The molecule has 0 radical (unpaired) electrons. The highest BCUT2D eigenvalue weighted by Gasteiger charge is 2.24.